The van der Waals surface area contributed by atoms with Crippen molar-refractivity contribution in [1.29, 1.82) is 0 Å². The molecule has 54 heavy (non-hydrogen) atoms. The van der Waals surface area contributed by atoms with E-state index < -0.39 is 32.5 Å². The number of allylic oxidation sites excluding steroid dienone is 10. The maximum absolute atomic E-state index is 12.6. The molecule has 0 saturated carbocycles. The number of ether oxygens (including phenoxy) is 2. The van der Waals surface area contributed by atoms with Crippen molar-refractivity contribution in [2.45, 2.75) is 180 Å². The predicted molar refractivity (Wildman–Crippen MR) is 224 cm³/mol. The van der Waals surface area contributed by atoms with E-state index in [1.165, 1.54) is 89.9 Å². The molecule has 0 fully saturated rings. The van der Waals surface area contributed by atoms with E-state index >= 15 is 0 Å². The smallest absolute Gasteiger partial charge is 0.462 e. The third-order valence-corrected chi connectivity index (χ3v) is 9.65. The molecule has 2 atom stereocenters. The zero-order chi connectivity index (χ0) is 39.6. The van der Waals surface area contributed by atoms with Gasteiger partial charge in [0.1, 0.15) is 6.61 Å². The molecule has 0 spiro atoms. The van der Waals surface area contributed by atoms with Gasteiger partial charge >= 0.3 is 19.8 Å². The minimum absolute atomic E-state index is 0.0428. The Morgan fingerprint density at radius 2 is 1.00 bits per heavy atom. The highest BCUT2D eigenvalue weighted by atomic mass is 31.2. The van der Waals surface area contributed by atoms with Crippen molar-refractivity contribution in [3.05, 3.63) is 60.8 Å². The van der Waals surface area contributed by atoms with Crippen molar-refractivity contribution < 1.29 is 37.6 Å². The Morgan fingerprint density at radius 3 is 1.50 bits per heavy atom. The van der Waals surface area contributed by atoms with E-state index in [1.807, 2.05) is 12.2 Å². The molecule has 0 amide bonds. The SMILES string of the molecule is CCCCC/C=C/C/C=C/C/C=C/C/C=C/C/C=C/CCC(=O)OC[C@@H](COP(=O)(O)OCCN)OC(=O)CCCCCCCCCCCCCCCC. The van der Waals surface area contributed by atoms with E-state index in [4.69, 9.17) is 24.3 Å². The third kappa shape index (κ3) is 39.4. The van der Waals surface area contributed by atoms with E-state index in [0.717, 1.165) is 44.9 Å². The minimum Gasteiger partial charge on any atom is -0.462 e. The van der Waals surface area contributed by atoms with Crippen LogP contribution in [0.3, 0.4) is 0 Å². The van der Waals surface area contributed by atoms with Gasteiger partial charge in [0.25, 0.3) is 0 Å². The number of phosphoric ester groups is 1. The van der Waals surface area contributed by atoms with Crippen LogP contribution in [0, 0.1) is 0 Å². The first-order valence-corrected chi connectivity index (χ1v) is 22.8. The fourth-order valence-electron chi connectivity index (χ4n) is 5.50. The zero-order valence-electron chi connectivity index (χ0n) is 34.2. The highest BCUT2D eigenvalue weighted by Crippen LogP contribution is 2.43. The number of carbonyl (C=O) groups excluding carboxylic acids is 2. The Morgan fingerprint density at radius 1 is 0.556 bits per heavy atom. The van der Waals surface area contributed by atoms with Gasteiger partial charge in [-0.3, -0.25) is 18.6 Å². The Kier molecular flexibility index (Phi) is 38.7. The van der Waals surface area contributed by atoms with Crippen LogP contribution in [0.15, 0.2) is 60.8 Å². The van der Waals surface area contributed by atoms with Gasteiger partial charge in [0.2, 0.25) is 0 Å². The van der Waals surface area contributed by atoms with E-state index in [2.05, 4.69) is 62.5 Å². The summed E-state index contributed by atoms with van der Waals surface area (Å²) in [7, 11) is -4.39. The quantitative estimate of drug-likeness (QED) is 0.0270. The maximum Gasteiger partial charge on any atom is 0.472 e. The lowest BCUT2D eigenvalue weighted by atomic mass is 10.0. The van der Waals surface area contributed by atoms with Gasteiger partial charge in [-0.1, -0.05) is 171 Å². The van der Waals surface area contributed by atoms with Crippen molar-refractivity contribution >= 4 is 19.8 Å². The lowest BCUT2D eigenvalue weighted by Gasteiger charge is -2.19. The molecule has 0 aromatic rings. The van der Waals surface area contributed by atoms with Crippen LogP contribution >= 0.6 is 7.82 Å². The second-order valence-corrected chi connectivity index (χ2v) is 15.3. The third-order valence-electron chi connectivity index (χ3n) is 8.67. The number of phosphoric acid groups is 1. The number of hydrogen-bond acceptors (Lipinski definition) is 8. The molecule has 0 radical (unpaired) electrons. The summed E-state index contributed by atoms with van der Waals surface area (Å²) in [6.07, 6.45) is 46.9. The van der Waals surface area contributed by atoms with Crippen LogP contribution in [0.4, 0.5) is 0 Å². The molecular weight excluding hydrogens is 701 g/mol. The number of hydrogen-bond donors (Lipinski definition) is 2. The molecular formula is C44H78NO8P. The van der Waals surface area contributed by atoms with Crippen LogP contribution in [0.1, 0.15) is 174 Å². The summed E-state index contributed by atoms with van der Waals surface area (Å²) < 4.78 is 32.7. The number of carbonyl (C=O) groups is 2. The van der Waals surface area contributed by atoms with Gasteiger partial charge in [0.05, 0.1) is 13.2 Å². The molecule has 0 heterocycles. The first kappa shape index (κ1) is 51.7. The number of rotatable bonds is 39. The summed E-state index contributed by atoms with van der Waals surface area (Å²) in [5.74, 6) is -0.925. The molecule has 312 valence electrons. The molecule has 1 unspecified atom stereocenters. The van der Waals surface area contributed by atoms with Gasteiger partial charge in [-0.15, -0.1) is 0 Å². The normalized spacial score (nSPS) is 13.9. The summed E-state index contributed by atoms with van der Waals surface area (Å²) in [5.41, 5.74) is 5.34. The molecule has 0 aromatic heterocycles. The van der Waals surface area contributed by atoms with Crippen molar-refractivity contribution in [2.24, 2.45) is 5.73 Å². The second-order valence-electron chi connectivity index (χ2n) is 13.9. The van der Waals surface area contributed by atoms with E-state index in [0.29, 0.717) is 12.8 Å². The number of unbranched alkanes of at least 4 members (excludes halogenated alkanes) is 16. The molecule has 10 heteroatoms. The van der Waals surface area contributed by atoms with Gasteiger partial charge in [-0.2, -0.15) is 0 Å². The summed E-state index contributed by atoms with van der Waals surface area (Å²) in [6.45, 7) is 3.61. The predicted octanol–water partition coefficient (Wildman–Crippen LogP) is 12.1. The minimum atomic E-state index is -4.39. The molecule has 0 saturated heterocycles. The topological polar surface area (TPSA) is 134 Å². The lowest BCUT2D eigenvalue weighted by Crippen LogP contribution is -2.29. The fraction of sp³-hybridized carbons (Fsp3) is 0.727. The van der Waals surface area contributed by atoms with Gasteiger partial charge in [0.15, 0.2) is 6.10 Å². The van der Waals surface area contributed by atoms with Crippen LogP contribution in [-0.2, 0) is 32.7 Å². The van der Waals surface area contributed by atoms with Gasteiger partial charge in [-0.05, 0) is 51.4 Å². The van der Waals surface area contributed by atoms with Gasteiger partial charge < -0.3 is 20.1 Å². The van der Waals surface area contributed by atoms with E-state index in [1.54, 1.807) is 0 Å². The number of nitrogens with two attached hydrogens (primary N) is 1. The van der Waals surface area contributed by atoms with Crippen LogP contribution in [0.25, 0.3) is 0 Å². The number of esters is 2. The summed E-state index contributed by atoms with van der Waals surface area (Å²) in [4.78, 5) is 34.8. The van der Waals surface area contributed by atoms with Gasteiger partial charge in [0, 0.05) is 19.4 Å². The van der Waals surface area contributed by atoms with Crippen molar-refractivity contribution in [3.63, 3.8) is 0 Å². The Hall–Kier alpha value is -2.29. The zero-order valence-corrected chi connectivity index (χ0v) is 35.1. The van der Waals surface area contributed by atoms with Crippen molar-refractivity contribution in [1.82, 2.24) is 0 Å². The monoisotopic (exact) mass is 780 g/mol. The Bertz CT molecular complexity index is 1070. The standard InChI is InChI=1S/C44H78NO8P/c1-3-5-7-9-11-13-15-17-19-20-21-22-23-25-26-28-30-32-34-36-43(46)50-40-42(41-52-54(48,49)51-39-38-45)53-44(47)37-35-33-31-29-27-24-18-16-14-12-10-8-6-4-2/h11,13,17,19,21-22,25-26,30,32,42H,3-10,12,14-16,18,20,23-24,27-29,31,33-41,45H2,1-2H3,(H,48,49)/b13-11+,19-17+,22-21+,26-25+,32-30+/t42-/m0/s1. The van der Waals surface area contributed by atoms with Crippen LogP contribution < -0.4 is 5.73 Å². The molecule has 0 aliphatic rings. The van der Waals surface area contributed by atoms with E-state index in [9.17, 15) is 19.0 Å². The fourth-order valence-corrected chi connectivity index (χ4v) is 6.26. The second kappa shape index (κ2) is 40.4. The lowest BCUT2D eigenvalue weighted by molar-refractivity contribution is -0.161. The summed E-state index contributed by atoms with van der Waals surface area (Å²) >= 11 is 0. The van der Waals surface area contributed by atoms with Crippen molar-refractivity contribution in [3.8, 4) is 0 Å². The van der Waals surface area contributed by atoms with Crippen LogP contribution in [0.2, 0.25) is 0 Å². The van der Waals surface area contributed by atoms with Crippen LogP contribution in [0.5, 0.6) is 0 Å². The Balaban J connectivity index is 4.29. The highest BCUT2D eigenvalue weighted by molar-refractivity contribution is 7.47. The average Bonchev–Trinajstić information content (AvgIpc) is 3.16. The summed E-state index contributed by atoms with van der Waals surface area (Å²) in [5, 5.41) is 0. The van der Waals surface area contributed by atoms with Crippen molar-refractivity contribution in [2.75, 3.05) is 26.4 Å². The van der Waals surface area contributed by atoms with Crippen LogP contribution in [-0.4, -0.2) is 49.3 Å². The first-order chi connectivity index (χ1) is 26.3. The molecule has 0 bridgehead atoms. The highest BCUT2D eigenvalue weighted by Gasteiger charge is 2.25. The molecule has 0 aliphatic carbocycles. The molecule has 0 aromatic carbocycles. The molecule has 0 aliphatic heterocycles. The molecule has 0 rings (SSSR count). The van der Waals surface area contributed by atoms with Gasteiger partial charge in [-0.25, -0.2) is 4.57 Å². The first-order valence-electron chi connectivity index (χ1n) is 21.3. The van der Waals surface area contributed by atoms with E-state index in [-0.39, 0.29) is 32.6 Å². The Labute approximate surface area is 329 Å². The molecule has 9 nitrogen and oxygen atoms in total. The maximum atomic E-state index is 12.6. The summed E-state index contributed by atoms with van der Waals surface area (Å²) in [6, 6.07) is 0. The largest absolute Gasteiger partial charge is 0.472 e. The molecule has 3 N–H and O–H groups in total. The average molecular weight is 780 g/mol.